The molecule has 1 fully saturated rings. The summed E-state index contributed by atoms with van der Waals surface area (Å²) in [4.78, 5) is 14.5. The monoisotopic (exact) mass is 439 g/mol. The molecule has 1 aliphatic rings. The van der Waals surface area contributed by atoms with Gasteiger partial charge in [-0.2, -0.15) is 0 Å². The van der Waals surface area contributed by atoms with Gasteiger partial charge in [-0.15, -0.1) is 0 Å². The van der Waals surface area contributed by atoms with Crippen molar-refractivity contribution in [1.29, 1.82) is 0 Å². The van der Waals surface area contributed by atoms with Crippen LogP contribution in [0.15, 0.2) is 57.6 Å². The molecule has 0 saturated carbocycles. The lowest BCUT2D eigenvalue weighted by Gasteiger charge is -2.14. The molecule has 1 aliphatic heterocycles. The van der Waals surface area contributed by atoms with E-state index in [0.29, 0.717) is 5.75 Å². The van der Waals surface area contributed by atoms with Gasteiger partial charge in [0.2, 0.25) is 5.91 Å². The maximum absolute atomic E-state index is 12.6. The van der Waals surface area contributed by atoms with Crippen LogP contribution in [-0.2, 0) is 4.79 Å². The third-order valence-corrected chi connectivity index (χ3v) is 5.71. The van der Waals surface area contributed by atoms with Gasteiger partial charge < -0.3 is 14.1 Å². The molecule has 0 aliphatic carbocycles. The molecule has 4 nitrogen and oxygen atoms in total. The second-order valence-corrected chi connectivity index (χ2v) is 7.98. The van der Waals surface area contributed by atoms with Gasteiger partial charge in [0, 0.05) is 46.2 Å². The number of halogens is 1. The Bertz CT molecular complexity index is 1060. The van der Waals surface area contributed by atoms with Gasteiger partial charge in [-0.3, -0.25) is 4.79 Å². The SMILES string of the molecule is COc1cc2occ(-c3cccc(Br)c3)c2cc1/C(C)=C/C(=O)N1CCCC1. The van der Waals surface area contributed by atoms with Crippen LogP contribution in [0, 0.1) is 0 Å². The van der Waals surface area contributed by atoms with Crippen LogP contribution in [0.1, 0.15) is 25.3 Å². The minimum absolute atomic E-state index is 0.0663. The molecular formula is C23H22BrNO3. The van der Waals surface area contributed by atoms with Crippen molar-refractivity contribution >= 4 is 38.4 Å². The van der Waals surface area contributed by atoms with Gasteiger partial charge in [-0.25, -0.2) is 0 Å². The summed E-state index contributed by atoms with van der Waals surface area (Å²) in [6.45, 7) is 3.64. The van der Waals surface area contributed by atoms with Crippen molar-refractivity contribution in [1.82, 2.24) is 4.90 Å². The predicted octanol–water partition coefficient (Wildman–Crippen LogP) is 5.90. The van der Waals surface area contributed by atoms with Crippen LogP contribution in [0.3, 0.4) is 0 Å². The normalized spacial score (nSPS) is 14.7. The number of furan rings is 1. The lowest BCUT2D eigenvalue weighted by atomic mass is 9.99. The molecule has 28 heavy (non-hydrogen) atoms. The zero-order valence-electron chi connectivity index (χ0n) is 16.0. The van der Waals surface area contributed by atoms with E-state index < -0.39 is 0 Å². The Morgan fingerprint density at radius 1 is 1.21 bits per heavy atom. The zero-order valence-corrected chi connectivity index (χ0v) is 17.6. The maximum Gasteiger partial charge on any atom is 0.246 e. The van der Waals surface area contributed by atoms with Gasteiger partial charge >= 0.3 is 0 Å². The van der Waals surface area contributed by atoms with Gasteiger partial charge in [0.05, 0.1) is 13.4 Å². The van der Waals surface area contributed by atoms with Crippen molar-refractivity contribution < 1.29 is 13.9 Å². The number of allylic oxidation sites excluding steroid dienone is 1. The van der Waals surface area contributed by atoms with Crippen LogP contribution >= 0.6 is 15.9 Å². The van der Waals surface area contributed by atoms with E-state index in [4.69, 9.17) is 9.15 Å². The molecule has 4 rings (SSSR count). The van der Waals surface area contributed by atoms with Gasteiger partial charge in [0.1, 0.15) is 11.3 Å². The van der Waals surface area contributed by atoms with E-state index in [1.54, 1.807) is 19.4 Å². The van der Waals surface area contributed by atoms with Crippen LogP contribution in [0.5, 0.6) is 5.75 Å². The number of hydrogen-bond donors (Lipinski definition) is 0. The van der Waals surface area contributed by atoms with E-state index in [1.165, 1.54) is 0 Å². The number of fused-ring (bicyclic) bond motifs is 1. The molecule has 1 aromatic heterocycles. The summed E-state index contributed by atoms with van der Waals surface area (Å²) in [6, 6.07) is 12.1. The van der Waals surface area contributed by atoms with Crippen molar-refractivity contribution in [2.45, 2.75) is 19.8 Å². The molecule has 144 valence electrons. The number of carbonyl (C=O) groups excluding carboxylic acids is 1. The standard InChI is InChI=1S/C23H22BrNO3/c1-15(10-23(26)25-8-3-4-9-25)18-12-19-20(16-6-5-7-17(24)11-16)14-28-22(19)13-21(18)27-2/h5-7,10-14H,3-4,8-9H2,1-2H3/b15-10+. The number of methoxy groups -OCH3 is 1. The number of hydrogen-bond acceptors (Lipinski definition) is 3. The Morgan fingerprint density at radius 2 is 2.00 bits per heavy atom. The summed E-state index contributed by atoms with van der Waals surface area (Å²) in [5, 5.41) is 0.996. The number of rotatable bonds is 4. The first-order valence-electron chi connectivity index (χ1n) is 9.39. The topological polar surface area (TPSA) is 42.7 Å². The Balaban J connectivity index is 1.79. The Kier molecular flexibility index (Phi) is 5.27. The van der Waals surface area contributed by atoms with E-state index in [9.17, 15) is 4.79 Å². The summed E-state index contributed by atoms with van der Waals surface area (Å²) in [6.07, 6.45) is 5.65. The van der Waals surface area contributed by atoms with E-state index >= 15 is 0 Å². The second kappa shape index (κ2) is 7.84. The van der Waals surface area contributed by atoms with Crippen LogP contribution in [0.4, 0.5) is 0 Å². The third-order valence-electron chi connectivity index (χ3n) is 5.21. The lowest BCUT2D eigenvalue weighted by Crippen LogP contribution is -2.25. The Morgan fingerprint density at radius 3 is 2.71 bits per heavy atom. The minimum atomic E-state index is 0.0663. The number of carbonyl (C=O) groups is 1. The highest BCUT2D eigenvalue weighted by molar-refractivity contribution is 9.10. The van der Waals surface area contributed by atoms with Crippen molar-refractivity contribution in [2.24, 2.45) is 0 Å². The lowest BCUT2D eigenvalue weighted by molar-refractivity contribution is -0.124. The van der Waals surface area contributed by atoms with Crippen molar-refractivity contribution in [3.63, 3.8) is 0 Å². The molecule has 0 bridgehead atoms. The summed E-state index contributed by atoms with van der Waals surface area (Å²) >= 11 is 3.53. The number of nitrogens with zero attached hydrogens (tertiary/aromatic N) is 1. The minimum Gasteiger partial charge on any atom is -0.496 e. The molecule has 0 unspecified atom stereocenters. The van der Waals surface area contributed by atoms with Crippen molar-refractivity contribution in [2.75, 3.05) is 20.2 Å². The Labute approximate surface area is 172 Å². The van der Waals surface area contributed by atoms with Gasteiger partial charge in [0.15, 0.2) is 0 Å². The van der Waals surface area contributed by atoms with E-state index in [0.717, 1.165) is 63.6 Å². The molecule has 0 spiro atoms. The molecule has 1 amide bonds. The first-order chi connectivity index (χ1) is 13.6. The number of amides is 1. The van der Waals surface area contributed by atoms with Crippen LogP contribution < -0.4 is 4.74 Å². The van der Waals surface area contributed by atoms with Crippen molar-refractivity contribution in [3.05, 3.63) is 58.8 Å². The molecule has 0 atom stereocenters. The summed E-state index contributed by atoms with van der Waals surface area (Å²) < 4.78 is 12.4. The van der Waals surface area contributed by atoms with Gasteiger partial charge in [-0.05, 0) is 49.1 Å². The molecule has 2 heterocycles. The third kappa shape index (κ3) is 3.59. The molecular weight excluding hydrogens is 418 g/mol. The average Bonchev–Trinajstić information content (AvgIpc) is 3.36. The van der Waals surface area contributed by atoms with Crippen LogP contribution in [-0.4, -0.2) is 31.0 Å². The fraction of sp³-hybridized carbons (Fsp3) is 0.261. The maximum atomic E-state index is 12.6. The number of benzene rings is 2. The molecule has 3 aromatic rings. The largest absolute Gasteiger partial charge is 0.496 e. The first-order valence-corrected chi connectivity index (χ1v) is 10.2. The van der Waals surface area contributed by atoms with Gasteiger partial charge in [0.25, 0.3) is 0 Å². The fourth-order valence-electron chi connectivity index (χ4n) is 3.70. The highest BCUT2D eigenvalue weighted by atomic mass is 79.9. The molecule has 1 saturated heterocycles. The first kappa shape index (κ1) is 18.8. The smallest absolute Gasteiger partial charge is 0.246 e. The van der Waals surface area contributed by atoms with Gasteiger partial charge in [-0.1, -0.05) is 28.1 Å². The average molecular weight is 440 g/mol. The highest BCUT2D eigenvalue weighted by Crippen LogP contribution is 2.38. The second-order valence-electron chi connectivity index (χ2n) is 7.07. The number of likely N-dealkylation sites (tertiary alicyclic amines) is 1. The molecule has 2 aromatic carbocycles. The van der Waals surface area contributed by atoms with E-state index in [2.05, 4.69) is 34.1 Å². The van der Waals surface area contributed by atoms with Crippen LogP contribution in [0.25, 0.3) is 27.7 Å². The molecule has 5 heteroatoms. The zero-order chi connectivity index (χ0) is 19.7. The Hall–Kier alpha value is -2.53. The van der Waals surface area contributed by atoms with E-state index in [-0.39, 0.29) is 5.91 Å². The summed E-state index contributed by atoms with van der Waals surface area (Å²) in [7, 11) is 1.64. The van der Waals surface area contributed by atoms with E-state index in [1.807, 2.05) is 30.0 Å². The fourth-order valence-corrected chi connectivity index (χ4v) is 4.10. The van der Waals surface area contributed by atoms with Crippen LogP contribution in [0.2, 0.25) is 0 Å². The summed E-state index contributed by atoms with van der Waals surface area (Å²) in [5.41, 5.74) is 4.63. The highest BCUT2D eigenvalue weighted by Gasteiger charge is 2.18. The van der Waals surface area contributed by atoms with Crippen molar-refractivity contribution in [3.8, 4) is 16.9 Å². The predicted molar refractivity (Wildman–Crippen MR) is 115 cm³/mol. The quantitative estimate of drug-likeness (QED) is 0.475. The summed E-state index contributed by atoms with van der Waals surface area (Å²) in [5.74, 6) is 0.766. The molecule has 0 N–H and O–H groups in total. The molecule has 0 radical (unpaired) electrons. The number of ether oxygens (including phenoxy) is 1.